The maximum absolute atomic E-state index is 11.3. The Balaban J connectivity index is 2.83. The van der Waals surface area contributed by atoms with Gasteiger partial charge in [-0.3, -0.25) is 0 Å². The monoisotopic (exact) mass is 238 g/mol. The van der Waals surface area contributed by atoms with Crippen LogP contribution < -0.4 is 11.1 Å². The Morgan fingerprint density at radius 1 is 1.53 bits per heavy atom. The van der Waals surface area contributed by atoms with Crippen molar-refractivity contribution in [2.24, 2.45) is 5.73 Å². The number of nitrogens with one attached hydrogen (secondary N) is 1. The van der Waals surface area contributed by atoms with E-state index in [0.717, 1.165) is 0 Å². The highest BCUT2D eigenvalue weighted by molar-refractivity contribution is 5.88. The minimum Gasteiger partial charge on any atom is -0.464 e. The van der Waals surface area contributed by atoms with Crippen molar-refractivity contribution in [3.05, 3.63) is 29.8 Å². The molecule has 0 saturated carbocycles. The molecule has 4 N–H and O–H groups in total. The predicted octanol–water partition coefficient (Wildman–Crippen LogP) is 0.774. The fraction of sp³-hybridized carbons (Fsp3) is 0.273. The van der Waals surface area contributed by atoms with E-state index in [-0.39, 0.29) is 6.61 Å². The smallest absolute Gasteiger partial charge is 0.339 e. The van der Waals surface area contributed by atoms with Gasteiger partial charge in [-0.25, -0.2) is 9.59 Å². The molecule has 0 aromatic heterocycles. The number of urea groups is 1. The Hall–Kier alpha value is -2.08. The van der Waals surface area contributed by atoms with E-state index in [1.54, 1.807) is 25.1 Å². The summed E-state index contributed by atoms with van der Waals surface area (Å²) in [6, 6.07) is 5.46. The highest BCUT2D eigenvalue weighted by Crippen LogP contribution is 2.18. The number of rotatable bonds is 4. The number of esters is 1. The van der Waals surface area contributed by atoms with Gasteiger partial charge in [-0.05, 0) is 24.6 Å². The maximum atomic E-state index is 11.3. The minimum atomic E-state index is -1.37. The first-order chi connectivity index (χ1) is 8.04. The van der Waals surface area contributed by atoms with Gasteiger partial charge in [-0.15, -0.1) is 0 Å². The molecule has 1 aromatic rings. The van der Waals surface area contributed by atoms with Gasteiger partial charge >= 0.3 is 12.0 Å². The summed E-state index contributed by atoms with van der Waals surface area (Å²) in [5, 5.41) is 12.0. The molecule has 1 aromatic carbocycles. The van der Waals surface area contributed by atoms with Crippen LogP contribution in [0.3, 0.4) is 0 Å². The zero-order valence-corrected chi connectivity index (χ0v) is 9.34. The summed E-state index contributed by atoms with van der Waals surface area (Å²) < 4.78 is 4.68. The molecule has 6 heteroatoms. The first-order valence-electron chi connectivity index (χ1n) is 5.05. The van der Waals surface area contributed by atoms with Crippen LogP contribution in [-0.4, -0.2) is 23.7 Å². The molecule has 0 aliphatic rings. The van der Waals surface area contributed by atoms with E-state index in [0.29, 0.717) is 11.3 Å². The molecular formula is C11H14N2O4. The van der Waals surface area contributed by atoms with Gasteiger partial charge in [0.15, 0.2) is 6.10 Å². The van der Waals surface area contributed by atoms with E-state index >= 15 is 0 Å². The highest BCUT2D eigenvalue weighted by atomic mass is 16.5. The third-order valence-electron chi connectivity index (χ3n) is 1.98. The lowest BCUT2D eigenvalue weighted by atomic mass is 10.1. The SMILES string of the molecule is CCOC(=O)C(O)c1cccc(NC(N)=O)c1. The second-order valence-corrected chi connectivity index (χ2v) is 3.27. The van der Waals surface area contributed by atoms with E-state index in [2.05, 4.69) is 10.1 Å². The molecule has 0 spiro atoms. The Labute approximate surface area is 98.4 Å². The molecule has 92 valence electrons. The number of hydrogen-bond acceptors (Lipinski definition) is 4. The van der Waals surface area contributed by atoms with Gasteiger partial charge in [0.2, 0.25) is 0 Å². The van der Waals surface area contributed by atoms with Crippen molar-refractivity contribution < 1.29 is 19.4 Å². The van der Waals surface area contributed by atoms with Crippen molar-refractivity contribution >= 4 is 17.7 Å². The van der Waals surface area contributed by atoms with E-state index in [1.165, 1.54) is 6.07 Å². The van der Waals surface area contributed by atoms with E-state index in [4.69, 9.17) is 5.73 Å². The van der Waals surface area contributed by atoms with Crippen LogP contribution in [0.5, 0.6) is 0 Å². The Morgan fingerprint density at radius 3 is 2.82 bits per heavy atom. The molecular weight excluding hydrogens is 224 g/mol. The summed E-state index contributed by atoms with van der Waals surface area (Å²) in [7, 11) is 0. The van der Waals surface area contributed by atoms with Crippen LogP contribution in [0.25, 0.3) is 0 Å². The molecule has 1 rings (SSSR count). The fourth-order valence-corrected chi connectivity index (χ4v) is 1.29. The number of aliphatic hydroxyl groups excluding tert-OH is 1. The summed E-state index contributed by atoms with van der Waals surface area (Å²) >= 11 is 0. The maximum Gasteiger partial charge on any atom is 0.339 e. The average molecular weight is 238 g/mol. The fourth-order valence-electron chi connectivity index (χ4n) is 1.29. The number of aliphatic hydroxyl groups is 1. The van der Waals surface area contributed by atoms with E-state index in [1.807, 2.05) is 0 Å². The normalized spacial score (nSPS) is 11.6. The summed E-state index contributed by atoms with van der Waals surface area (Å²) in [5.41, 5.74) is 5.68. The molecule has 17 heavy (non-hydrogen) atoms. The van der Waals surface area contributed by atoms with Crippen molar-refractivity contribution in [1.29, 1.82) is 0 Å². The summed E-state index contributed by atoms with van der Waals surface area (Å²) in [6.07, 6.45) is -1.37. The lowest BCUT2D eigenvalue weighted by Crippen LogP contribution is -2.20. The van der Waals surface area contributed by atoms with Gasteiger partial charge < -0.3 is 20.9 Å². The molecule has 0 aliphatic carbocycles. The van der Waals surface area contributed by atoms with Crippen molar-refractivity contribution in [2.45, 2.75) is 13.0 Å². The van der Waals surface area contributed by atoms with Crippen LogP contribution in [0, 0.1) is 0 Å². The number of ether oxygens (including phenoxy) is 1. The second kappa shape index (κ2) is 5.86. The predicted molar refractivity (Wildman–Crippen MR) is 61.2 cm³/mol. The standard InChI is InChI=1S/C11H14N2O4/c1-2-17-10(15)9(14)7-4-3-5-8(6-7)13-11(12)16/h3-6,9,14H,2H2,1H3,(H3,12,13,16). The third-order valence-corrected chi connectivity index (χ3v) is 1.98. The Kier molecular flexibility index (Phi) is 4.47. The van der Waals surface area contributed by atoms with Crippen LogP contribution in [0.1, 0.15) is 18.6 Å². The van der Waals surface area contributed by atoms with Gasteiger partial charge in [0.1, 0.15) is 0 Å². The van der Waals surface area contributed by atoms with Crippen LogP contribution in [0.4, 0.5) is 10.5 Å². The second-order valence-electron chi connectivity index (χ2n) is 3.27. The zero-order chi connectivity index (χ0) is 12.8. The van der Waals surface area contributed by atoms with E-state index in [9.17, 15) is 14.7 Å². The van der Waals surface area contributed by atoms with Crippen molar-refractivity contribution in [2.75, 3.05) is 11.9 Å². The van der Waals surface area contributed by atoms with Crippen molar-refractivity contribution in [3.63, 3.8) is 0 Å². The topological polar surface area (TPSA) is 102 Å². The summed E-state index contributed by atoms with van der Waals surface area (Å²) in [5.74, 6) is -0.733. The molecule has 1 atom stereocenters. The number of hydrogen-bond donors (Lipinski definition) is 3. The van der Waals surface area contributed by atoms with Gasteiger partial charge in [0, 0.05) is 5.69 Å². The quantitative estimate of drug-likeness (QED) is 0.674. The van der Waals surface area contributed by atoms with Gasteiger partial charge in [0.25, 0.3) is 0 Å². The number of benzene rings is 1. The summed E-state index contributed by atoms with van der Waals surface area (Å²) in [6.45, 7) is 1.84. The van der Waals surface area contributed by atoms with Crippen LogP contribution in [0.15, 0.2) is 24.3 Å². The first-order valence-corrected chi connectivity index (χ1v) is 5.05. The number of carbonyl (C=O) groups is 2. The average Bonchev–Trinajstić information content (AvgIpc) is 2.28. The Bertz CT molecular complexity index is 420. The summed E-state index contributed by atoms with van der Waals surface area (Å²) in [4.78, 5) is 21.9. The minimum absolute atomic E-state index is 0.190. The van der Waals surface area contributed by atoms with Crippen molar-refractivity contribution in [3.8, 4) is 0 Å². The first kappa shape index (κ1) is 13.0. The largest absolute Gasteiger partial charge is 0.464 e. The van der Waals surface area contributed by atoms with Gasteiger partial charge in [-0.2, -0.15) is 0 Å². The molecule has 2 amide bonds. The van der Waals surface area contributed by atoms with Crippen LogP contribution in [-0.2, 0) is 9.53 Å². The highest BCUT2D eigenvalue weighted by Gasteiger charge is 2.18. The molecule has 0 radical (unpaired) electrons. The number of anilines is 1. The lowest BCUT2D eigenvalue weighted by Gasteiger charge is -2.11. The van der Waals surface area contributed by atoms with E-state index < -0.39 is 18.1 Å². The Morgan fingerprint density at radius 2 is 2.24 bits per heavy atom. The number of primary amides is 1. The molecule has 0 aliphatic heterocycles. The number of carbonyl (C=O) groups excluding carboxylic acids is 2. The number of nitrogens with two attached hydrogens (primary N) is 1. The van der Waals surface area contributed by atoms with Crippen LogP contribution in [0.2, 0.25) is 0 Å². The third kappa shape index (κ3) is 3.76. The number of amides is 2. The molecule has 0 fully saturated rings. The molecule has 0 bridgehead atoms. The van der Waals surface area contributed by atoms with Gasteiger partial charge in [0.05, 0.1) is 6.61 Å². The van der Waals surface area contributed by atoms with Crippen LogP contribution >= 0.6 is 0 Å². The molecule has 0 saturated heterocycles. The lowest BCUT2D eigenvalue weighted by molar-refractivity contribution is -0.153. The molecule has 0 heterocycles. The molecule has 1 unspecified atom stereocenters. The molecule has 6 nitrogen and oxygen atoms in total. The van der Waals surface area contributed by atoms with Crippen molar-refractivity contribution in [1.82, 2.24) is 0 Å². The zero-order valence-electron chi connectivity index (χ0n) is 9.34. The van der Waals surface area contributed by atoms with Gasteiger partial charge in [-0.1, -0.05) is 12.1 Å².